The quantitative estimate of drug-likeness (QED) is 0.358. The molecule has 0 radical (unpaired) electrons. The minimum atomic E-state index is -5.08. The van der Waals surface area contributed by atoms with Gasteiger partial charge in [0.25, 0.3) is 10.0 Å². The van der Waals surface area contributed by atoms with E-state index in [4.69, 9.17) is 9.90 Å². The van der Waals surface area contributed by atoms with Crippen molar-refractivity contribution >= 4 is 39.0 Å². The van der Waals surface area contributed by atoms with Crippen LogP contribution in [0.25, 0.3) is 0 Å². The van der Waals surface area contributed by atoms with E-state index in [1.807, 2.05) is 13.0 Å². The number of carboxylic acids is 2. The third-order valence-electron chi connectivity index (χ3n) is 6.35. The molecule has 1 saturated heterocycles. The van der Waals surface area contributed by atoms with Crippen LogP contribution >= 0.6 is 0 Å². The molecule has 3 aromatic carbocycles. The Morgan fingerprint density at radius 2 is 1.56 bits per heavy atom. The van der Waals surface area contributed by atoms with E-state index in [-0.39, 0.29) is 22.2 Å². The summed E-state index contributed by atoms with van der Waals surface area (Å²) in [5.41, 5.74) is 4.18. The van der Waals surface area contributed by atoms with Crippen LogP contribution in [0.4, 0.5) is 30.2 Å². The van der Waals surface area contributed by atoms with Crippen molar-refractivity contribution in [3.05, 3.63) is 83.4 Å². The van der Waals surface area contributed by atoms with Gasteiger partial charge < -0.3 is 20.0 Å². The van der Waals surface area contributed by atoms with E-state index in [1.54, 1.807) is 24.3 Å². The summed E-state index contributed by atoms with van der Waals surface area (Å²) in [7, 11) is -3.82. The highest BCUT2D eigenvalue weighted by Crippen LogP contribution is 2.30. The van der Waals surface area contributed by atoms with Gasteiger partial charge in [-0.1, -0.05) is 29.8 Å². The highest BCUT2D eigenvalue weighted by atomic mass is 32.2. The van der Waals surface area contributed by atoms with E-state index in [0.29, 0.717) is 18.8 Å². The van der Waals surface area contributed by atoms with Crippen molar-refractivity contribution < 1.29 is 41.4 Å². The molecule has 13 heteroatoms. The molecule has 0 amide bonds. The van der Waals surface area contributed by atoms with Gasteiger partial charge in [0.2, 0.25) is 0 Å². The summed E-state index contributed by atoms with van der Waals surface area (Å²) in [5.74, 6) is -3.85. The lowest BCUT2D eigenvalue weighted by molar-refractivity contribution is -0.192. The second-order valence-corrected chi connectivity index (χ2v) is 11.3. The number of aryl methyl sites for hydroxylation is 2. The van der Waals surface area contributed by atoms with Gasteiger partial charge in [-0.3, -0.25) is 4.72 Å². The summed E-state index contributed by atoms with van der Waals surface area (Å²) in [6.07, 6.45) is -5.08. The van der Waals surface area contributed by atoms with E-state index in [0.717, 1.165) is 17.8 Å². The lowest BCUT2D eigenvalue weighted by atomic mass is 10.1. The van der Waals surface area contributed by atoms with Crippen LogP contribution in [-0.2, 0) is 14.8 Å². The van der Waals surface area contributed by atoms with E-state index in [1.165, 1.54) is 23.8 Å². The van der Waals surface area contributed by atoms with Gasteiger partial charge >= 0.3 is 18.1 Å². The topological polar surface area (TPSA) is 127 Å². The standard InChI is InChI=1S/C26H29N3O4S.C2HF3O2/c1-18-7-10-23(11-8-18)34(32,33)27-21-9-12-25(24(16-21)26(30)31)28-13-14-29(20(3)17-28)22-6-4-5-19(2)15-22;3-2(4,5)1(6)7/h4-12,15-16,20,27H,13-14,17H2,1-3H3,(H,30,31);(H,6,7). The Kier molecular flexibility index (Phi) is 9.53. The van der Waals surface area contributed by atoms with E-state index in [2.05, 4.69) is 46.6 Å². The lowest BCUT2D eigenvalue weighted by Gasteiger charge is -2.42. The first-order chi connectivity index (χ1) is 19.1. The second-order valence-electron chi connectivity index (χ2n) is 9.59. The highest BCUT2D eigenvalue weighted by molar-refractivity contribution is 7.92. The zero-order valence-corrected chi connectivity index (χ0v) is 23.3. The van der Waals surface area contributed by atoms with Crippen LogP contribution < -0.4 is 14.5 Å². The molecule has 0 aliphatic carbocycles. The zero-order valence-electron chi connectivity index (χ0n) is 22.5. The summed E-state index contributed by atoms with van der Waals surface area (Å²) in [5, 5.41) is 17.0. The maximum absolute atomic E-state index is 12.7. The van der Waals surface area contributed by atoms with Gasteiger partial charge in [-0.15, -0.1) is 0 Å². The molecule has 0 spiro atoms. The smallest absolute Gasteiger partial charge is 0.478 e. The predicted molar refractivity (Wildman–Crippen MR) is 149 cm³/mol. The van der Waals surface area contributed by atoms with Gasteiger partial charge in [-0.05, 0) is 68.8 Å². The van der Waals surface area contributed by atoms with Crippen LogP contribution in [0.3, 0.4) is 0 Å². The predicted octanol–water partition coefficient (Wildman–Crippen LogP) is 5.15. The number of hydrogen-bond acceptors (Lipinski definition) is 6. The van der Waals surface area contributed by atoms with E-state index < -0.39 is 28.1 Å². The molecule has 1 heterocycles. The zero-order chi connectivity index (χ0) is 30.5. The number of hydrogen-bond donors (Lipinski definition) is 3. The first-order valence-electron chi connectivity index (χ1n) is 12.4. The van der Waals surface area contributed by atoms with Gasteiger partial charge in [0, 0.05) is 37.1 Å². The minimum absolute atomic E-state index is 0.0697. The molecule has 41 heavy (non-hydrogen) atoms. The number of rotatable bonds is 6. The molecule has 1 aliphatic rings. The molecule has 1 unspecified atom stereocenters. The third-order valence-corrected chi connectivity index (χ3v) is 7.75. The monoisotopic (exact) mass is 593 g/mol. The highest BCUT2D eigenvalue weighted by Gasteiger charge is 2.38. The average molecular weight is 594 g/mol. The lowest BCUT2D eigenvalue weighted by Crippen LogP contribution is -2.52. The molecule has 9 nitrogen and oxygen atoms in total. The Hall–Kier alpha value is -4.26. The fourth-order valence-corrected chi connectivity index (χ4v) is 5.39. The van der Waals surface area contributed by atoms with Crippen molar-refractivity contribution in [3.8, 4) is 0 Å². The van der Waals surface area contributed by atoms with Gasteiger partial charge in [0.05, 0.1) is 16.1 Å². The first-order valence-corrected chi connectivity index (χ1v) is 13.9. The van der Waals surface area contributed by atoms with Gasteiger partial charge in [0.1, 0.15) is 0 Å². The molecule has 3 N–H and O–H groups in total. The summed E-state index contributed by atoms with van der Waals surface area (Å²) < 4.78 is 59.7. The molecule has 0 bridgehead atoms. The van der Waals surface area contributed by atoms with Crippen molar-refractivity contribution in [1.82, 2.24) is 0 Å². The second kappa shape index (κ2) is 12.5. The number of alkyl halides is 3. The third kappa shape index (κ3) is 8.13. The number of anilines is 3. The van der Waals surface area contributed by atoms with Crippen molar-refractivity contribution in [2.24, 2.45) is 0 Å². The molecule has 1 aliphatic heterocycles. The number of halogens is 3. The van der Waals surface area contributed by atoms with Crippen molar-refractivity contribution in [2.75, 3.05) is 34.2 Å². The Labute approximate surface area is 235 Å². The number of carbonyl (C=O) groups is 2. The molecular formula is C28H30F3N3O6S. The molecule has 4 rings (SSSR count). The Morgan fingerprint density at radius 1 is 0.927 bits per heavy atom. The summed E-state index contributed by atoms with van der Waals surface area (Å²) in [6.45, 7) is 8.14. The van der Waals surface area contributed by atoms with Gasteiger partial charge in [-0.25, -0.2) is 18.0 Å². The molecule has 1 fully saturated rings. The average Bonchev–Trinajstić information content (AvgIpc) is 2.88. The number of nitrogens with one attached hydrogen (secondary N) is 1. The SMILES string of the molecule is Cc1ccc(S(=O)(=O)Nc2ccc(N3CCN(c4cccc(C)c4)C(C)C3)c(C(=O)O)c2)cc1.O=C(O)C(F)(F)F. The number of carboxylic acid groups (broad SMARTS) is 2. The summed E-state index contributed by atoms with van der Waals surface area (Å²) in [6, 6.07) is 19.7. The van der Waals surface area contributed by atoms with Crippen LogP contribution in [-0.4, -0.2) is 62.4 Å². The largest absolute Gasteiger partial charge is 0.490 e. The number of benzene rings is 3. The Morgan fingerprint density at radius 3 is 2.10 bits per heavy atom. The van der Waals surface area contributed by atoms with E-state index in [9.17, 15) is 31.5 Å². The van der Waals surface area contributed by atoms with Crippen LogP contribution in [0.15, 0.2) is 71.6 Å². The molecular weight excluding hydrogens is 563 g/mol. The molecule has 1 atom stereocenters. The maximum Gasteiger partial charge on any atom is 0.490 e. The van der Waals surface area contributed by atoms with E-state index >= 15 is 0 Å². The van der Waals surface area contributed by atoms with Gasteiger partial charge in [-0.2, -0.15) is 13.2 Å². The molecule has 220 valence electrons. The first kappa shape index (κ1) is 31.3. The fourth-order valence-electron chi connectivity index (χ4n) is 4.34. The van der Waals surface area contributed by atoms with Crippen molar-refractivity contribution in [3.63, 3.8) is 0 Å². The number of sulfonamides is 1. The normalized spacial score (nSPS) is 15.5. The number of nitrogens with zero attached hydrogens (tertiary/aromatic N) is 2. The van der Waals surface area contributed by atoms with Crippen LogP contribution in [0.1, 0.15) is 28.4 Å². The number of aliphatic carboxylic acids is 1. The summed E-state index contributed by atoms with van der Waals surface area (Å²) in [4.78, 5) is 25.5. The molecule has 0 saturated carbocycles. The fraction of sp³-hybridized carbons (Fsp3) is 0.286. The van der Waals surface area contributed by atoms with Gasteiger partial charge in [0.15, 0.2) is 0 Å². The summed E-state index contributed by atoms with van der Waals surface area (Å²) >= 11 is 0. The van der Waals surface area contributed by atoms with Crippen LogP contribution in [0.2, 0.25) is 0 Å². The molecule has 3 aromatic rings. The minimum Gasteiger partial charge on any atom is -0.478 e. The van der Waals surface area contributed by atoms with Crippen LogP contribution in [0, 0.1) is 13.8 Å². The molecule has 0 aromatic heterocycles. The number of aromatic carboxylic acids is 1. The maximum atomic E-state index is 12.7. The van der Waals surface area contributed by atoms with Crippen molar-refractivity contribution in [2.45, 2.75) is 37.9 Å². The van der Waals surface area contributed by atoms with Crippen molar-refractivity contribution in [1.29, 1.82) is 0 Å². The Balaban J connectivity index is 0.000000587. The van der Waals surface area contributed by atoms with Crippen LogP contribution in [0.5, 0.6) is 0 Å². The number of piperazine rings is 1. The Bertz CT molecular complexity index is 1510.